The first kappa shape index (κ1) is 19.7. The summed E-state index contributed by atoms with van der Waals surface area (Å²) in [6.45, 7) is 3.42. The lowest BCUT2D eigenvalue weighted by Gasteiger charge is -2.32. The first-order valence-electron chi connectivity index (χ1n) is 9.18. The van der Waals surface area contributed by atoms with Crippen molar-refractivity contribution in [2.24, 2.45) is 0 Å². The second-order valence-electron chi connectivity index (χ2n) is 6.69. The van der Waals surface area contributed by atoms with E-state index in [0.717, 1.165) is 5.56 Å². The van der Waals surface area contributed by atoms with Crippen molar-refractivity contribution in [1.29, 1.82) is 0 Å². The molecule has 1 aliphatic heterocycles. The zero-order valence-electron chi connectivity index (χ0n) is 15.8. The summed E-state index contributed by atoms with van der Waals surface area (Å²) in [7, 11) is 0. The SMILES string of the molecule is Cc1cc(C(=O)NC[C@@H]2CN(C(=O)OCc3ccccc3)CCO2)ccc1O. The van der Waals surface area contributed by atoms with E-state index >= 15 is 0 Å². The van der Waals surface area contributed by atoms with Gasteiger partial charge in [0.1, 0.15) is 12.4 Å². The maximum atomic E-state index is 12.3. The van der Waals surface area contributed by atoms with Crippen LogP contribution in [0.1, 0.15) is 21.5 Å². The number of aryl methyl sites for hydroxylation is 1. The average molecular weight is 384 g/mol. The molecule has 0 radical (unpaired) electrons. The molecule has 0 bridgehead atoms. The smallest absolute Gasteiger partial charge is 0.410 e. The van der Waals surface area contributed by atoms with Gasteiger partial charge in [0.05, 0.1) is 19.3 Å². The molecule has 0 saturated carbocycles. The summed E-state index contributed by atoms with van der Waals surface area (Å²) in [5, 5.41) is 12.4. The molecule has 1 atom stereocenters. The molecule has 0 aromatic heterocycles. The second-order valence-corrected chi connectivity index (χ2v) is 6.69. The Balaban J connectivity index is 1.47. The summed E-state index contributed by atoms with van der Waals surface area (Å²) in [5.41, 5.74) is 2.02. The Morgan fingerprint density at radius 3 is 2.79 bits per heavy atom. The van der Waals surface area contributed by atoms with Crippen molar-refractivity contribution in [2.45, 2.75) is 19.6 Å². The first-order chi connectivity index (χ1) is 13.5. The molecule has 28 heavy (non-hydrogen) atoms. The van der Waals surface area contributed by atoms with Gasteiger partial charge in [0, 0.05) is 18.7 Å². The summed E-state index contributed by atoms with van der Waals surface area (Å²) in [6, 6.07) is 14.2. The van der Waals surface area contributed by atoms with Gasteiger partial charge >= 0.3 is 6.09 Å². The number of hydrogen-bond donors (Lipinski definition) is 2. The number of benzene rings is 2. The van der Waals surface area contributed by atoms with Crippen LogP contribution in [0.5, 0.6) is 5.75 Å². The topological polar surface area (TPSA) is 88.1 Å². The predicted octanol–water partition coefficient (Wildman–Crippen LogP) is 2.47. The average Bonchev–Trinajstić information content (AvgIpc) is 2.73. The summed E-state index contributed by atoms with van der Waals surface area (Å²) in [6.07, 6.45) is -0.696. The van der Waals surface area contributed by atoms with Crippen molar-refractivity contribution in [1.82, 2.24) is 10.2 Å². The molecule has 2 aromatic rings. The van der Waals surface area contributed by atoms with E-state index in [9.17, 15) is 14.7 Å². The Labute approximate surface area is 163 Å². The van der Waals surface area contributed by atoms with E-state index < -0.39 is 6.09 Å². The molecule has 1 heterocycles. The van der Waals surface area contributed by atoms with Crippen molar-refractivity contribution in [3.63, 3.8) is 0 Å². The van der Waals surface area contributed by atoms with E-state index in [2.05, 4.69) is 5.32 Å². The molecule has 2 N–H and O–H groups in total. The highest BCUT2D eigenvalue weighted by molar-refractivity contribution is 5.94. The van der Waals surface area contributed by atoms with Crippen LogP contribution < -0.4 is 5.32 Å². The number of amides is 2. The van der Waals surface area contributed by atoms with Crippen molar-refractivity contribution >= 4 is 12.0 Å². The van der Waals surface area contributed by atoms with Gasteiger partial charge in [-0.15, -0.1) is 0 Å². The Hall–Kier alpha value is -3.06. The summed E-state index contributed by atoms with van der Waals surface area (Å²) in [5.74, 6) is -0.104. The van der Waals surface area contributed by atoms with Gasteiger partial charge in [-0.1, -0.05) is 30.3 Å². The van der Waals surface area contributed by atoms with Crippen LogP contribution in [0.3, 0.4) is 0 Å². The van der Waals surface area contributed by atoms with Gasteiger partial charge in [0.2, 0.25) is 0 Å². The second kappa shape index (κ2) is 9.23. The molecular weight excluding hydrogens is 360 g/mol. The molecule has 7 heteroatoms. The number of hydrogen-bond acceptors (Lipinski definition) is 5. The van der Waals surface area contributed by atoms with Crippen LogP contribution in [-0.2, 0) is 16.1 Å². The highest BCUT2D eigenvalue weighted by Crippen LogP contribution is 2.17. The van der Waals surface area contributed by atoms with Gasteiger partial charge in [0.15, 0.2) is 0 Å². The molecule has 7 nitrogen and oxygen atoms in total. The maximum absolute atomic E-state index is 12.3. The van der Waals surface area contributed by atoms with Gasteiger partial charge in [-0.25, -0.2) is 4.79 Å². The zero-order valence-corrected chi connectivity index (χ0v) is 15.8. The molecule has 1 saturated heterocycles. The fourth-order valence-corrected chi connectivity index (χ4v) is 2.92. The zero-order chi connectivity index (χ0) is 19.9. The largest absolute Gasteiger partial charge is 0.508 e. The predicted molar refractivity (Wildman–Crippen MR) is 103 cm³/mol. The number of ether oxygens (including phenoxy) is 2. The van der Waals surface area contributed by atoms with Crippen molar-refractivity contribution in [3.05, 3.63) is 65.2 Å². The lowest BCUT2D eigenvalue weighted by atomic mass is 10.1. The molecule has 148 valence electrons. The van der Waals surface area contributed by atoms with E-state index in [-0.39, 0.29) is 30.9 Å². The van der Waals surface area contributed by atoms with Gasteiger partial charge in [0.25, 0.3) is 5.91 Å². The third-order valence-corrected chi connectivity index (χ3v) is 4.55. The van der Waals surface area contributed by atoms with Crippen LogP contribution in [0, 0.1) is 6.92 Å². The highest BCUT2D eigenvalue weighted by Gasteiger charge is 2.25. The molecule has 0 spiro atoms. The molecular formula is C21H24N2O5. The first-order valence-corrected chi connectivity index (χ1v) is 9.18. The highest BCUT2D eigenvalue weighted by atomic mass is 16.6. The number of nitrogens with zero attached hydrogens (tertiary/aromatic N) is 1. The van der Waals surface area contributed by atoms with Crippen LogP contribution in [0.25, 0.3) is 0 Å². The minimum Gasteiger partial charge on any atom is -0.508 e. The summed E-state index contributed by atoms with van der Waals surface area (Å²) < 4.78 is 11.0. The van der Waals surface area contributed by atoms with E-state index in [4.69, 9.17) is 9.47 Å². The summed E-state index contributed by atoms with van der Waals surface area (Å²) >= 11 is 0. The Kier molecular flexibility index (Phi) is 6.49. The monoisotopic (exact) mass is 384 g/mol. The van der Waals surface area contributed by atoms with Crippen molar-refractivity contribution in [2.75, 3.05) is 26.2 Å². The summed E-state index contributed by atoms with van der Waals surface area (Å²) in [4.78, 5) is 26.1. The van der Waals surface area contributed by atoms with E-state index in [0.29, 0.717) is 30.8 Å². The van der Waals surface area contributed by atoms with Crippen LogP contribution >= 0.6 is 0 Å². The molecule has 2 aromatic carbocycles. The molecule has 1 aliphatic rings. The number of phenols is 1. The minimum atomic E-state index is -0.391. The number of phenolic OH excluding ortho intramolecular Hbond substituents is 1. The standard InChI is InChI=1S/C21H24N2O5/c1-15-11-17(7-8-19(15)24)20(25)22-12-18-13-23(9-10-27-18)21(26)28-14-16-5-3-2-4-6-16/h2-8,11,18,24H,9-10,12-14H2,1H3,(H,22,25)/t18-/m1/s1. The van der Waals surface area contributed by atoms with Crippen molar-refractivity contribution in [3.8, 4) is 5.75 Å². The van der Waals surface area contributed by atoms with E-state index in [1.807, 2.05) is 30.3 Å². The van der Waals surface area contributed by atoms with Gasteiger partial charge in [-0.05, 0) is 36.2 Å². The van der Waals surface area contributed by atoms with Crippen LogP contribution in [0.4, 0.5) is 4.79 Å². The van der Waals surface area contributed by atoms with Crippen LogP contribution in [0.15, 0.2) is 48.5 Å². The number of morpholine rings is 1. The number of nitrogens with one attached hydrogen (secondary N) is 1. The fraction of sp³-hybridized carbons (Fsp3) is 0.333. The van der Waals surface area contributed by atoms with Crippen molar-refractivity contribution < 1.29 is 24.2 Å². The Bertz CT molecular complexity index is 825. The Morgan fingerprint density at radius 1 is 1.25 bits per heavy atom. The van der Waals surface area contributed by atoms with Gasteiger partial charge in [-0.2, -0.15) is 0 Å². The normalized spacial score (nSPS) is 16.5. The molecule has 0 aliphatic carbocycles. The lowest BCUT2D eigenvalue weighted by molar-refractivity contribution is -0.0263. The maximum Gasteiger partial charge on any atom is 0.410 e. The molecule has 1 fully saturated rings. The van der Waals surface area contributed by atoms with Gasteiger partial charge in [-0.3, -0.25) is 4.79 Å². The van der Waals surface area contributed by atoms with E-state index in [1.54, 1.807) is 24.0 Å². The fourth-order valence-electron chi connectivity index (χ4n) is 2.92. The number of carbonyl (C=O) groups excluding carboxylic acids is 2. The van der Waals surface area contributed by atoms with Crippen LogP contribution in [-0.4, -0.2) is 54.4 Å². The quantitative estimate of drug-likeness (QED) is 0.827. The molecule has 0 unspecified atom stereocenters. The number of aromatic hydroxyl groups is 1. The third kappa shape index (κ3) is 5.23. The number of carbonyl (C=O) groups is 2. The minimum absolute atomic E-state index is 0.150. The molecule has 3 rings (SSSR count). The molecule has 2 amide bonds. The van der Waals surface area contributed by atoms with E-state index in [1.165, 1.54) is 6.07 Å². The third-order valence-electron chi connectivity index (χ3n) is 4.55. The van der Waals surface area contributed by atoms with Gasteiger partial charge < -0.3 is 24.8 Å². The Morgan fingerprint density at radius 2 is 2.04 bits per heavy atom. The van der Waals surface area contributed by atoms with Crippen LogP contribution in [0.2, 0.25) is 0 Å². The number of rotatable bonds is 5. The lowest BCUT2D eigenvalue weighted by Crippen LogP contribution is -2.49.